The number of carbonyl (C=O) groups excluding carboxylic acids is 1. The Hall–Kier alpha value is -1.55. The van der Waals surface area contributed by atoms with Crippen molar-refractivity contribution in [1.29, 1.82) is 0 Å². The Morgan fingerprint density at radius 1 is 1.41 bits per heavy atom. The van der Waals surface area contributed by atoms with Crippen molar-refractivity contribution in [3.8, 4) is 5.75 Å². The maximum Gasteiger partial charge on any atom is 0.338 e. The molecule has 2 rings (SSSR count). The third-order valence-corrected chi connectivity index (χ3v) is 2.97. The molecule has 1 aliphatic rings. The highest BCUT2D eigenvalue weighted by molar-refractivity contribution is 5.79. The first-order valence-corrected chi connectivity index (χ1v) is 5.60. The van der Waals surface area contributed by atoms with Crippen molar-refractivity contribution in [3.63, 3.8) is 0 Å². The average Bonchev–Trinajstić information content (AvgIpc) is 3.04. The van der Waals surface area contributed by atoms with E-state index in [0.29, 0.717) is 6.61 Å². The Kier molecular flexibility index (Phi) is 3.07. The fourth-order valence-electron chi connectivity index (χ4n) is 1.84. The molecule has 0 aromatic heterocycles. The summed E-state index contributed by atoms with van der Waals surface area (Å²) >= 11 is 0. The van der Waals surface area contributed by atoms with Crippen LogP contribution in [0.1, 0.15) is 19.4 Å². The molecule has 1 saturated heterocycles. The number of methoxy groups -OCH3 is 1. The molecule has 0 bridgehead atoms. The number of ether oxygens (including phenoxy) is 3. The Labute approximate surface area is 100 Å². The number of benzene rings is 1. The Morgan fingerprint density at radius 2 is 2.06 bits per heavy atom. The fourth-order valence-corrected chi connectivity index (χ4v) is 1.84. The zero-order chi connectivity index (χ0) is 12.5. The number of hydrogen-bond acceptors (Lipinski definition) is 4. The second-order valence-corrected chi connectivity index (χ2v) is 4.09. The molecule has 1 aromatic rings. The van der Waals surface area contributed by atoms with Gasteiger partial charge in [-0.1, -0.05) is 12.1 Å². The van der Waals surface area contributed by atoms with Crippen LogP contribution < -0.4 is 4.74 Å². The van der Waals surface area contributed by atoms with Gasteiger partial charge in [0.15, 0.2) is 6.10 Å². The number of rotatable bonds is 4. The molecule has 92 valence electrons. The van der Waals surface area contributed by atoms with Gasteiger partial charge in [-0.05, 0) is 31.5 Å². The number of hydrogen-bond donors (Lipinski definition) is 0. The normalized spacial score (nSPS) is 26.4. The molecule has 0 saturated carbocycles. The predicted molar refractivity (Wildman–Crippen MR) is 61.9 cm³/mol. The summed E-state index contributed by atoms with van der Waals surface area (Å²) in [5, 5.41) is 0. The Bertz CT molecular complexity index is 412. The van der Waals surface area contributed by atoms with E-state index in [1.165, 1.54) is 0 Å². The molecule has 1 fully saturated rings. The van der Waals surface area contributed by atoms with Crippen LogP contribution in [0.5, 0.6) is 5.75 Å². The van der Waals surface area contributed by atoms with E-state index in [0.717, 1.165) is 11.3 Å². The Morgan fingerprint density at radius 3 is 2.59 bits per heavy atom. The molecule has 2 atom stereocenters. The van der Waals surface area contributed by atoms with Gasteiger partial charge in [-0.3, -0.25) is 0 Å². The molecule has 0 amide bonds. The van der Waals surface area contributed by atoms with Gasteiger partial charge < -0.3 is 14.2 Å². The standard InChI is InChI=1S/C13H16O4/c1-4-16-12(14)11-13(2,17-11)9-5-7-10(15-3)8-6-9/h5-8,11H,4H2,1-3H3. The fraction of sp³-hybridized carbons (Fsp3) is 0.462. The minimum Gasteiger partial charge on any atom is -0.497 e. The predicted octanol–water partition coefficient (Wildman–Crippen LogP) is 1.87. The van der Waals surface area contributed by atoms with Gasteiger partial charge in [-0.25, -0.2) is 4.79 Å². The molecule has 4 nitrogen and oxygen atoms in total. The molecule has 1 heterocycles. The average molecular weight is 236 g/mol. The van der Waals surface area contributed by atoms with Gasteiger partial charge in [-0.2, -0.15) is 0 Å². The summed E-state index contributed by atoms with van der Waals surface area (Å²) in [5.74, 6) is 0.483. The number of carbonyl (C=O) groups is 1. The van der Waals surface area contributed by atoms with Crippen molar-refractivity contribution >= 4 is 5.97 Å². The van der Waals surface area contributed by atoms with Gasteiger partial charge in [0.1, 0.15) is 11.4 Å². The minimum atomic E-state index is -0.557. The third-order valence-electron chi connectivity index (χ3n) is 2.97. The molecule has 0 spiro atoms. The second-order valence-electron chi connectivity index (χ2n) is 4.09. The largest absolute Gasteiger partial charge is 0.497 e. The molecule has 17 heavy (non-hydrogen) atoms. The maximum absolute atomic E-state index is 11.5. The van der Waals surface area contributed by atoms with Crippen molar-refractivity contribution in [2.24, 2.45) is 0 Å². The molecular weight excluding hydrogens is 220 g/mol. The molecule has 1 aromatic carbocycles. The first-order valence-electron chi connectivity index (χ1n) is 5.60. The highest BCUT2D eigenvalue weighted by atomic mass is 16.7. The van der Waals surface area contributed by atoms with E-state index in [1.54, 1.807) is 14.0 Å². The van der Waals surface area contributed by atoms with Gasteiger partial charge in [0, 0.05) is 0 Å². The summed E-state index contributed by atoms with van der Waals surface area (Å²) in [4.78, 5) is 11.5. The molecule has 0 radical (unpaired) electrons. The molecule has 4 heteroatoms. The van der Waals surface area contributed by atoms with Crippen LogP contribution in [0.4, 0.5) is 0 Å². The van der Waals surface area contributed by atoms with E-state index in [1.807, 2.05) is 31.2 Å². The van der Waals surface area contributed by atoms with Gasteiger partial charge in [-0.15, -0.1) is 0 Å². The van der Waals surface area contributed by atoms with Gasteiger partial charge in [0.25, 0.3) is 0 Å². The summed E-state index contributed by atoms with van der Waals surface area (Å²) in [6, 6.07) is 7.51. The van der Waals surface area contributed by atoms with Crippen LogP contribution in [-0.2, 0) is 19.9 Å². The van der Waals surface area contributed by atoms with Gasteiger partial charge in [0.05, 0.1) is 13.7 Å². The van der Waals surface area contributed by atoms with Crippen LogP contribution in [0.25, 0.3) is 0 Å². The lowest BCUT2D eigenvalue weighted by Crippen LogP contribution is -2.18. The second kappa shape index (κ2) is 4.37. The molecule has 0 aliphatic carbocycles. The van der Waals surface area contributed by atoms with E-state index >= 15 is 0 Å². The minimum absolute atomic E-state index is 0.300. The van der Waals surface area contributed by atoms with E-state index in [4.69, 9.17) is 14.2 Å². The van der Waals surface area contributed by atoms with E-state index in [2.05, 4.69) is 0 Å². The monoisotopic (exact) mass is 236 g/mol. The maximum atomic E-state index is 11.5. The van der Waals surface area contributed by atoms with E-state index in [9.17, 15) is 4.79 Å². The zero-order valence-electron chi connectivity index (χ0n) is 10.2. The molecule has 0 N–H and O–H groups in total. The summed E-state index contributed by atoms with van der Waals surface area (Å²) in [6.45, 7) is 4.04. The first-order chi connectivity index (χ1) is 8.11. The van der Waals surface area contributed by atoms with Crippen LogP contribution >= 0.6 is 0 Å². The molecule has 2 unspecified atom stereocenters. The van der Waals surface area contributed by atoms with Crippen molar-refractivity contribution in [1.82, 2.24) is 0 Å². The number of esters is 1. The third kappa shape index (κ3) is 2.13. The van der Waals surface area contributed by atoms with Crippen molar-refractivity contribution in [2.75, 3.05) is 13.7 Å². The van der Waals surface area contributed by atoms with Gasteiger partial charge >= 0.3 is 5.97 Å². The van der Waals surface area contributed by atoms with Crippen LogP contribution in [0.15, 0.2) is 24.3 Å². The SMILES string of the molecule is CCOC(=O)C1OC1(C)c1ccc(OC)cc1. The summed E-state index contributed by atoms with van der Waals surface area (Å²) in [5.41, 5.74) is 0.398. The quantitative estimate of drug-likeness (QED) is 0.591. The summed E-state index contributed by atoms with van der Waals surface area (Å²) < 4.78 is 15.5. The molecule has 1 aliphatic heterocycles. The van der Waals surface area contributed by atoms with Crippen molar-refractivity contribution < 1.29 is 19.0 Å². The van der Waals surface area contributed by atoms with Gasteiger partial charge in [0.2, 0.25) is 0 Å². The lowest BCUT2D eigenvalue weighted by Gasteiger charge is -2.07. The summed E-state index contributed by atoms with van der Waals surface area (Å²) in [7, 11) is 1.62. The summed E-state index contributed by atoms with van der Waals surface area (Å²) in [6.07, 6.45) is -0.490. The lowest BCUT2D eigenvalue weighted by molar-refractivity contribution is -0.144. The van der Waals surface area contributed by atoms with Crippen molar-refractivity contribution in [2.45, 2.75) is 25.6 Å². The van der Waals surface area contributed by atoms with Crippen LogP contribution in [0, 0.1) is 0 Å². The molecular formula is C13H16O4. The van der Waals surface area contributed by atoms with E-state index < -0.39 is 11.7 Å². The first kappa shape index (κ1) is 11.9. The smallest absolute Gasteiger partial charge is 0.338 e. The van der Waals surface area contributed by atoms with Crippen LogP contribution in [0.3, 0.4) is 0 Å². The number of epoxide rings is 1. The zero-order valence-corrected chi connectivity index (χ0v) is 10.2. The lowest BCUT2D eigenvalue weighted by atomic mass is 9.97. The van der Waals surface area contributed by atoms with Crippen molar-refractivity contribution in [3.05, 3.63) is 29.8 Å². The van der Waals surface area contributed by atoms with Crippen LogP contribution in [0.2, 0.25) is 0 Å². The highest BCUT2D eigenvalue weighted by Crippen LogP contribution is 2.46. The highest BCUT2D eigenvalue weighted by Gasteiger charge is 2.59. The van der Waals surface area contributed by atoms with Crippen LogP contribution in [-0.4, -0.2) is 25.8 Å². The van der Waals surface area contributed by atoms with E-state index in [-0.39, 0.29) is 5.97 Å². The Balaban J connectivity index is 2.10. The topological polar surface area (TPSA) is 48.1 Å².